The largest absolute Gasteiger partial charge is 0.496 e. The lowest BCUT2D eigenvalue weighted by Gasteiger charge is -2.26. The first-order chi connectivity index (χ1) is 15.6. The van der Waals surface area contributed by atoms with Gasteiger partial charge in [-0.15, -0.1) is 11.3 Å². The summed E-state index contributed by atoms with van der Waals surface area (Å²) in [4.78, 5) is 27.5. The summed E-state index contributed by atoms with van der Waals surface area (Å²) >= 11 is 1.33. The molecule has 0 bridgehead atoms. The summed E-state index contributed by atoms with van der Waals surface area (Å²) in [6, 6.07) is 9.57. The van der Waals surface area contributed by atoms with E-state index in [9.17, 15) is 14.9 Å². The Labute approximate surface area is 191 Å². The number of hydrogen-bond donors (Lipinski definition) is 1. The standard InChI is InChI=1S/C23H25N3O5S/c1-29-11-12-31-15-22(28)26-10-9-17-18(13-24)23(32-20(17)14-26)25-21(27)8-7-16-5-3-4-6-19(16)30-2/h3-8H,9-12,14-15H2,1-2H3,(H,25,27)/b8-7+. The summed E-state index contributed by atoms with van der Waals surface area (Å²) in [5, 5.41) is 13.0. The minimum absolute atomic E-state index is 0.00743. The summed E-state index contributed by atoms with van der Waals surface area (Å²) in [7, 11) is 3.15. The molecule has 3 rings (SSSR count). The first-order valence-electron chi connectivity index (χ1n) is 10.1. The lowest BCUT2D eigenvalue weighted by atomic mass is 10.0. The number of hydrogen-bond acceptors (Lipinski definition) is 7. The van der Waals surface area contributed by atoms with Crippen LogP contribution in [0.1, 0.15) is 21.6 Å². The Hall–Kier alpha value is -3.19. The maximum atomic E-state index is 12.5. The van der Waals surface area contributed by atoms with E-state index in [1.807, 2.05) is 24.3 Å². The van der Waals surface area contributed by atoms with Gasteiger partial charge in [0.1, 0.15) is 23.4 Å². The van der Waals surface area contributed by atoms with Crippen LogP contribution in [0, 0.1) is 11.3 Å². The number of benzene rings is 1. The molecule has 0 saturated heterocycles. The monoisotopic (exact) mass is 455 g/mol. The third kappa shape index (κ3) is 5.73. The molecule has 1 aliphatic rings. The molecule has 0 atom stereocenters. The lowest BCUT2D eigenvalue weighted by Crippen LogP contribution is -2.38. The van der Waals surface area contributed by atoms with Crippen molar-refractivity contribution in [3.63, 3.8) is 0 Å². The molecule has 0 unspecified atom stereocenters. The van der Waals surface area contributed by atoms with Crippen LogP contribution in [-0.4, -0.2) is 57.3 Å². The highest BCUT2D eigenvalue weighted by molar-refractivity contribution is 7.16. The highest BCUT2D eigenvalue weighted by Gasteiger charge is 2.27. The number of nitriles is 1. The third-order valence-electron chi connectivity index (χ3n) is 4.97. The van der Waals surface area contributed by atoms with Gasteiger partial charge in [0.05, 0.1) is 32.4 Å². The normalized spacial score (nSPS) is 13.0. The van der Waals surface area contributed by atoms with E-state index in [4.69, 9.17) is 14.2 Å². The molecule has 1 aromatic heterocycles. The van der Waals surface area contributed by atoms with E-state index in [1.165, 1.54) is 17.4 Å². The Morgan fingerprint density at radius 1 is 1.28 bits per heavy atom. The Balaban J connectivity index is 1.66. The second-order valence-corrected chi connectivity index (χ2v) is 8.10. The molecular weight excluding hydrogens is 430 g/mol. The number of anilines is 1. The third-order valence-corrected chi connectivity index (χ3v) is 6.10. The Kier molecular flexibility index (Phi) is 8.39. The van der Waals surface area contributed by atoms with Gasteiger partial charge in [0, 0.05) is 30.2 Å². The number of para-hydroxylation sites is 1. The minimum Gasteiger partial charge on any atom is -0.496 e. The zero-order chi connectivity index (χ0) is 22.9. The molecule has 2 heterocycles. The van der Waals surface area contributed by atoms with E-state index >= 15 is 0 Å². The molecule has 8 nitrogen and oxygen atoms in total. The van der Waals surface area contributed by atoms with E-state index < -0.39 is 0 Å². The number of nitrogens with zero attached hydrogens (tertiary/aromatic N) is 2. The van der Waals surface area contributed by atoms with Gasteiger partial charge in [0.2, 0.25) is 11.8 Å². The van der Waals surface area contributed by atoms with Gasteiger partial charge in [-0.1, -0.05) is 18.2 Å². The summed E-state index contributed by atoms with van der Waals surface area (Å²) in [5.41, 5.74) is 2.14. The second kappa shape index (κ2) is 11.4. The van der Waals surface area contributed by atoms with Crippen molar-refractivity contribution in [3.8, 4) is 11.8 Å². The van der Waals surface area contributed by atoms with E-state index in [-0.39, 0.29) is 18.4 Å². The van der Waals surface area contributed by atoms with Crippen molar-refractivity contribution in [3.05, 3.63) is 51.9 Å². The van der Waals surface area contributed by atoms with Crippen molar-refractivity contribution < 1.29 is 23.8 Å². The van der Waals surface area contributed by atoms with Crippen LogP contribution < -0.4 is 10.1 Å². The molecule has 2 aromatic rings. The number of carbonyl (C=O) groups is 2. The molecule has 1 aromatic carbocycles. The van der Waals surface area contributed by atoms with Crippen LogP contribution in [0.5, 0.6) is 5.75 Å². The van der Waals surface area contributed by atoms with Gasteiger partial charge in [-0.05, 0) is 24.1 Å². The zero-order valence-electron chi connectivity index (χ0n) is 18.1. The van der Waals surface area contributed by atoms with Gasteiger partial charge < -0.3 is 24.4 Å². The average molecular weight is 456 g/mol. The smallest absolute Gasteiger partial charge is 0.249 e. The first-order valence-corrected chi connectivity index (χ1v) is 10.9. The number of rotatable bonds is 9. The number of fused-ring (bicyclic) bond motifs is 1. The van der Waals surface area contributed by atoms with Crippen molar-refractivity contribution in [2.24, 2.45) is 0 Å². The predicted molar refractivity (Wildman–Crippen MR) is 122 cm³/mol. The number of carbonyl (C=O) groups excluding carboxylic acids is 2. The fourth-order valence-electron chi connectivity index (χ4n) is 3.34. The highest BCUT2D eigenvalue weighted by Crippen LogP contribution is 2.36. The maximum absolute atomic E-state index is 12.5. The fourth-order valence-corrected chi connectivity index (χ4v) is 4.56. The number of ether oxygens (including phenoxy) is 3. The Bertz CT molecular complexity index is 1040. The predicted octanol–water partition coefficient (Wildman–Crippen LogP) is 2.83. The van der Waals surface area contributed by atoms with Gasteiger partial charge in [0.25, 0.3) is 0 Å². The molecule has 32 heavy (non-hydrogen) atoms. The van der Waals surface area contributed by atoms with E-state index in [0.29, 0.717) is 49.0 Å². The van der Waals surface area contributed by atoms with Crippen LogP contribution in [0.2, 0.25) is 0 Å². The van der Waals surface area contributed by atoms with Crippen molar-refractivity contribution in [2.75, 3.05) is 45.9 Å². The van der Waals surface area contributed by atoms with E-state index in [0.717, 1.165) is 16.0 Å². The first kappa shape index (κ1) is 23.5. The molecule has 1 aliphatic heterocycles. The lowest BCUT2D eigenvalue weighted by molar-refractivity contribution is -0.137. The summed E-state index contributed by atoms with van der Waals surface area (Å²) in [5.74, 6) is 0.214. The quantitative estimate of drug-likeness (QED) is 0.461. The van der Waals surface area contributed by atoms with Crippen molar-refractivity contribution >= 4 is 34.2 Å². The molecule has 0 spiro atoms. The summed E-state index contributed by atoms with van der Waals surface area (Å²) in [6.07, 6.45) is 3.63. The van der Waals surface area contributed by atoms with E-state index in [2.05, 4.69) is 11.4 Å². The molecule has 0 aliphatic carbocycles. The molecule has 2 amide bonds. The Morgan fingerprint density at radius 2 is 2.09 bits per heavy atom. The van der Waals surface area contributed by atoms with Gasteiger partial charge >= 0.3 is 0 Å². The molecular formula is C23H25N3O5S. The van der Waals surface area contributed by atoms with E-state index in [1.54, 1.807) is 25.2 Å². The van der Waals surface area contributed by atoms with Crippen LogP contribution >= 0.6 is 11.3 Å². The van der Waals surface area contributed by atoms with Gasteiger partial charge in [-0.25, -0.2) is 0 Å². The zero-order valence-corrected chi connectivity index (χ0v) is 18.9. The topological polar surface area (TPSA) is 101 Å². The summed E-state index contributed by atoms with van der Waals surface area (Å²) in [6.45, 7) is 1.69. The van der Waals surface area contributed by atoms with Gasteiger partial charge in [0.15, 0.2) is 0 Å². The second-order valence-electron chi connectivity index (χ2n) is 6.99. The van der Waals surface area contributed by atoms with Crippen LogP contribution in [0.4, 0.5) is 5.00 Å². The number of nitrogens with one attached hydrogen (secondary N) is 1. The molecule has 0 radical (unpaired) electrons. The molecule has 9 heteroatoms. The van der Waals surface area contributed by atoms with Crippen LogP contribution in [0.25, 0.3) is 6.08 Å². The Morgan fingerprint density at radius 3 is 2.84 bits per heavy atom. The van der Waals surface area contributed by atoms with Gasteiger partial charge in [-0.3, -0.25) is 9.59 Å². The van der Waals surface area contributed by atoms with Crippen molar-refractivity contribution in [1.82, 2.24) is 4.90 Å². The maximum Gasteiger partial charge on any atom is 0.249 e. The molecule has 1 N–H and O–H groups in total. The average Bonchev–Trinajstić information content (AvgIpc) is 3.16. The van der Waals surface area contributed by atoms with Crippen molar-refractivity contribution in [1.29, 1.82) is 5.26 Å². The van der Waals surface area contributed by atoms with Crippen LogP contribution in [0.15, 0.2) is 30.3 Å². The summed E-state index contributed by atoms with van der Waals surface area (Å²) < 4.78 is 15.5. The number of thiophene rings is 1. The SMILES string of the molecule is COCCOCC(=O)N1CCc2c(sc(NC(=O)/C=C/c3ccccc3OC)c2C#N)C1. The van der Waals surface area contributed by atoms with Gasteiger partial charge in [-0.2, -0.15) is 5.26 Å². The highest BCUT2D eigenvalue weighted by atomic mass is 32.1. The molecule has 168 valence electrons. The minimum atomic E-state index is -0.342. The fraction of sp³-hybridized carbons (Fsp3) is 0.348. The number of methoxy groups -OCH3 is 2. The molecule has 0 fully saturated rings. The van der Waals surface area contributed by atoms with Crippen LogP contribution in [0.3, 0.4) is 0 Å². The molecule has 0 saturated carbocycles. The van der Waals surface area contributed by atoms with Crippen LogP contribution in [-0.2, 0) is 32.0 Å². The number of amides is 2. The van der Waals surface area contributed by atoms with Crippen molar-refractivity contribution in [2.45, 2.75) is 13.0 Å².